The molecule has 2 unspecified atom stereocenters. The first-order chi connectivity index (χ1) is 19.0. The van der Waals surface area contributed by atoms with Gasteiger partial charge in [-0.05, 0) is 56.2 Å². The van der Waals surface area contributed by atoms with Crippen LogP contribution in [0.15, 0.2) is 36.7 Å². The Morgan fingerprint density at radius 2 is 1.90 bits per heavy atom. The van der Waals surface area contributed by atoms with Gasteiger partial charge in [0.15, 0.2) is 5.78 Å². The van der Waals surface area contributed by atoms with Gasteiger partial charge in [-0.25, -0.2) is 4.98 Å². The molecule has 2 atom stereocenters. The summed E-state index contributed by atoms with van der Waals surface area (Å²) < 4.78 is 50.6. The van der Waals surface area contributed by atoms with Crippen LogP contribution < -0.4 is 14.2 Å². The van der Waals surface area contributed by atoms with Crippen LogP contribution in [0.5, 0.6) is 17.2 Å². The number of carbonyl (C=O) groups excluding carboxylic acids is 1. The van der Waals surface area contributed by atoms with E-state index in [4.69, 9.17) is 18.9 Å². The summed E-state index contributed by atoms with van der Waals surface area (Å²) in [6.45, 7) is 0.514. The van der Waals surface area contributed by atoms with E-state index in [1.54, 1.807) is 12.3 Å². The maximum absolute atomic E-state index is 13.3. The number of rotatable bonds is 12. The summed E-state index contributed by atoms with van der Waals surface area (Å²) in [6.07, 6.45) is 9.75. The molecule has 2 saturated heterocycles. The molecule has 10 heteroatoms. The van der Waals surface area contributed by atoms with E-state index in [9.17, 15) is 13.6 Å². The summed E-state index contributed by atoms with van der Waals surface area (Å²) in [5, 5.41) is 0. The van der Waals surface area contributed by atoms with E-state index in [0.717, 1.165) is 38.9 Å². The number of alkyl halides is 2. The highest BCUT2D eigenvalue weighted by Gasteiger charge is 2.33. The molecule has 4 heterocycles. The zero-order valence-electron chi connectivity index (χ0n) is 22.0. The molecular weight excluding hydrogens is 508 g/mol. The fourth-order valence-electron chi connectivity index (χ4n) is 5.67. The van der Waals surface area contributed by atoms with E-state index in [2.05, 4.69) is 9.88 Å². The Bertz CT molecular complexity index is 1330. The average Bonchev–Trinajstić information content (AvgIpc) is 3.53. The maximum atomic E-state index is 13.3. The normalized spacial score (nSPS) is 21.0. The van der Waals surface area contributed by atoms with Gasteiger partial charge in [-0.3, -0.25) is 14.1 Å². The van der Waals surface area contributed by atoms with Crippen molar-refractivity contribution in [2.24, 2.45) is 5.92 Å². The van der Waals surface area contributed by atoms with Crippen LogP contribution in [0.2, 0.25) is 0 Å². The standard InChI is InChI=1S/C29H33F2N3O5/c1-36-25-12-19(13-26(39-29(30)31)28(25)24(35)11-18-3-4-18)23-15-32-27-14-20(7-9-34(23)27)37-10-2-8-33-16-21-5-6-22(17-33)38-21/h7,9,12-15,18,21-22,29H,2-6,8,10-11,16-17H2,1H3. The number of ketones is 1. The van der Waals surface area contributed by atoms with Gasteiger partial charge in [0.1, 0.15) is 28.5 Å². The molecule has 3 aliphatic rings. The number of methoxy groups -OCH3 is 1. The second-order valence-corrected chi connectivity index (χ2v) is 10.7. The second-order valence-electron chi connectivity index (χ2n) is 10.7. The van der Waals surface area contributed by atoms with Gasteiger partial charge in [-0.15, -0.1) is 0 Å². The molecule has 3 fully saturated rings. The molecule has 0 N–H and O–H groups in total. The van der Waals surface area contributed by atoms with Gasteiger partial charge in [0.05, 0.1) is 37.8 Å². The number of carbonyl (C=O) groups is 1. The number of morpholine rings is 1. The highest BCUT2D eigenvalue weighted by atomic mass is 19.3. The number of Topliss-reactive ketones (excluding diaryl/α,β-unsaturated/α-hetero) is 1. The first kappa shape index (κ1) is 26.0. The highest BCUT2D eigenvalue weighted by molar-refractivity contribution is 6.02. The monoisotopic (exact) mass is 541 g/mol. The van der Waals surface area contributed by atoms with Crippen molar-refractivity contribution in [3.05, 3.63) is 42.2 Å². The molecule has 39 heavy (non-hydrogen) atoms. The number of aromatic nitrogens is 2. The number of nitrogens with zero attached hydrogens (tertiary/aromatic N) is 3. The fourth-order valence-corrected chi connectivity index (χ4v) is 5.67. The number of likely N-dealkylation sites (tertiary alicyclic amines) is 1. The number of halogens is 2. The molecule has 1 saturated carbocycles. The number of pyridine rings is 1. The molecule has 0 amide bonds. The number of hydrogen-bond donors (Lipinski definition) is 0. The van der Waals surface area contributed by atoms with Crippen molar-refractivity contribution in [2.75, 3.05) is 33.4 Å². The average molecular weight is 542 g/mol. The maximum Gasteiger partial charge on any atom is 0.387 e. The molecule has 0 radical (unpaired) electrons. The van der Waals surface area contributed by atoms with Crippen LogP contribution in [0, 0.1) is 5.92 Å². The first-order valence-electron chi connectivity index (χ1n) is 13.6. The second kappa shape index (κ2) is 11.1. The summed E-state index contributed by atoms with van der Waals surface area (Å²) in [5.41, 5.74) is 1.90. The third-order valence-corrected chi connectivity index (χ3v) is 7.74. The van der Waals surface area contributed by atoms with Crippen LogP contribution in [0.4, 0.5) is 8.78 Å². The number of imidazole rings is 1. The van der Waals surface area contributed by atoms with Crippen LogP contribution in [0.1, 0.15) is 48.9 Å². The minimum atomic E-state index is -3.07. The zero-order valence-corrected chi connectivity index (χ0v) is 22.0. The molecule has 0 spiro atoms. The smallest absolute Gasteiger partial charge is 0.387 e. The Morgan fingerprint density at radius 1 is 1.13 bits per heavy atom. The van der Waals surface area contributed by atoms with Gasteiger partial charge in [0.2, 0.25) is 0 Å². The van der Waals surface area contributed by atoms with Gasteiger partial charge in [0.25, 0.3) is 0 Å². The Morgan fingerprint density at radius 3 is 2.62 bits per heavy atom. The Kier molecular flexibility index (Phi) is 7.40. The quantitative estimate of drug-likeness (QED) is 0.230. The number of benzene rings is 1. The third kappa shape index (κ3) is 5.86. The van der Waals surface area contributed by atoms with Gasteiger partial charge in [-0.1, -0.05) is 0 Å². The van der Waals surface area contributed by atoms with Crippen molar-refractivity contribution >= 4 is 11.4 Å². The number of ether oxygens (including phenoxy) is 4. The summed E-state index contributed by atoms with van der Waals surface area (Å²) in [7, 11) is 1.42. The van der Waals surface area contributed by atoms with E-state index in [1.807, 2.05) is 22.7 Å². The lowest BCUT2D eigenvalue weighted by Crippen LogP contribution is -2.43. The lowest BCUT2D eigenvalue weighted by atomic mass is 10.00. The van der Waals surface area contributed by atoms with Crippen LogP contribution in [0.3, 0.4) is 0 Å². The predicted molar refractivity (Wildman–Crippen MR) is 140 cm³/mol. The van der Waals surface area contributed by atoms with Gasteiger partial charge in [0, 0.05) is 43.9 Å². The van der Waals surface area contributed by atoms with Crippen molar-refractivity contribution < 1.29 is 32.5 Å². The Hall–Kier alpha value is -3.24. The molecule has 2 bridgehead atoms. The van der Waals surface area contributed by atoms with Crippen LogP contribution in [-0.2, 0) is 4.74 Å². The zero-order chi connectivity index (χ0) is 26.9. The molecule has 2 aliphatic heterocycles. The number of hydrogen-bond acceptors (Lipinski definition) is 7. The van der Waals surface area contributed by atoms with Crippen molar-refractivity contribution in [2.45, 2.75) is 57.3 Å². The Balaban J connectivity index is 1.17. The van der Waals surface area contributed by atoms with Crippen molar-refractivity contribution in [1.82, 2.24) is 14.3 Å². The molecular formula is C29H33F2N3O5. The van der Waals surface area contributed by atoms with E-state index >= 15 is 0 Å². The minimum absolute atomic E-state index is 0.0580. The van der Waals surface area contributed by atoms with E-state index < -0.39 is 6.61 Å². The van der Waals surface area contributed by atoms with E-state index in [0.29, 0.717) is 53.8 Å². The van der Waals surface area contributed by atoms with Gasteiger partial charge in [-0.2, -0.15) is 8.78 Å². The van der Waals surface area contributed by atoms with Crippen LogP contribution in [0.25, 0.3) is 16.9 Å². The van der Waals surface area contributed by atoms with E-state index in [-0.39, 0.29) is 22.8 Å². The Labute approximate surface area is 225 Å². The van der Waals surface area contributed by atoms with Crippen molar-refractivity contribution in [3.8, 4) is 28.5 Å². The van der Waals surface area contributed by atoms with Crippen LogP contribution >= 0.6 is 0 Å². The first-order valence-corrected chi connectivity index (χ1v) is 13.6. The predicted octanol–water partition coefficient (Wildman–Crippen LogP) is 5.23. The SMILES string of the molecule is COc1cc(-c2cnc3cc(OCCCN4CC5CCC(C4)O5)ccn23)cc(OC(F)F)c1C(=O)CC1CC1. The molecule has 208 valence electrons. The highest BCUT2D eigenvalue weighted by Crippen LogP contribution is 2.40. The summed E-state index contributed by atoms with van der Waals surface area (Å²) in [5.74, 6) is 0.774. The topological polar surface area (TPSA) is 74.5 Å². The molecule has 6 rings (SSSR count). The van der Waals surface area contributed by atoms with Crippen molar-refractivity contribution in [1.29, 1.82) is 0 Å². The largest absolute Gasteiger partial charge is 0.496 e. The molecule has 2 aromatic heterocycles. The molecule has 8 nitrogen and oxygen atoms in total. The lowest BCUT2D eigenvalue weighted by molar-refractivity contribution is -0.0502. The third-order valence-electron chi connectivity index (χ3n) is 7.74. The van der Waals surface area contributed by atoms with E-state index in [1.165, 1.54) is 26.0 Å². The number of fused-ring (bicyclic) bond motifs is 3. The summed E-state index contributed by atoms with van der Waals surface area (Å²) in [6, 6.07) is 6.83. The molecule has 1 aliphatic carbocycles. The molecule has 1 aromatic carbocycles. The van der Waals surface area contributed by atoms with Crippen LogP contribution in [-0.4, -0.2) is 72.2 Å². The summed E-state index contributed by atoms with van der Waals surface area (Å²) >= 11 is 0. The lowest BCUT2D eigenvalue weighted by Gasteiger charge is -2.31. The minimum Gasteiger partial charge on any atom is -0.496 e. The molecule has 3 aromatic rings. The van der Waals surface area contributed by atoms with Crippen molar-refractivity contribution in [3.63, 3.8) is 0 Å². The van der Waals surface area contributed by atoms with Gasteiger partial charge < -0.3 is 18.9 Å². The fraction of sp³-hybridized carbons (Fsp3) is 0.517. The summed E-state index contributed by atoms with van der Waals surface area (Å²) in [4.78, 5) is 19.9. The van der Waals surface area contributed by atoms with Gasteiger partial charge >= 0.3 is 6.61 Å².